The number of rotatable bonds is 3. The van der Waals surface area contributed by atoms with Crippen LogP contribution in [0.3, 0.4) is 0 Å². The van der Waals surface area contributed by atoms with Crippen LogP contribution >= 0.6 is 11.6 Å². The molecule has 2 N–H and O–H groups in total. The monoisotopic (exact) mass is 428 g/mol. The van der Waals surface area contributed by atoms with Crippen LogP contribution in [0.5, 0.6) is 0 Å². The molecule has 2 bridgehead atoms. The second-order valence-corrected chi connectivity index (χ2v) is 9.69. The first kappa shape index (κ1) is 18.7. The molecule has 150 valence electrons. The number of fused-ring (bicyclic) bond motifs is 5. The Morgan fingerprint density at radius 3 is 2.76 bits per heavy atom. The molecule has 1 aliphatic carbocycles. The Morgan fingerprint density at radius 1 is 1.14 bits per heavy atom. The van der Waals surface area contributed by atoms with Gasteiger partial charge in [0, 0.05) is 30.1 Å². The predicted molar refractivity (Wildman–Crippen MR) is 113 cm³/mol. The quantitative estimate of drug-likeness (QED) is 0.669. The Hall–Kier alpha value is -2.35. The third-order valence-corrected chi connectivity index (χ3v) is 7.22. The topological polar surface area (TPSA) is 76.0 Å². The SMILES string of the molecule is O=S(=O)(NC1Cc2cccc(c2)Cc2c1nn1c2NCCC1)c1ccc(Cl)cc1. The molecule has 0 saturated heterocycles. The molecule has 1 unspecified atom stereocenters. The first-order valence-corrected chi connectivity index (χ1v) is 11.5. The van der Waals surface area contributed by atoms with Gasteiger partial charge in [-0.2, -0.15) is 5.10 Å². The number of hydrogen-bond donors (Lipinski definition) is 2. The Kier molecular flexibility index (Phi) is 4.61. The maximum atomic E-state index is 13.1. The van der Waals surface area contributed by atoms with Gasteiger partial charge in [-0.05, 0) is 48.2 Å². The Balaban J connectivity index is 1.58. The van der Waals surface area contributed by atoms with E-state index in [1.165, 1.54) is 17.7 Å². The molecule has 0 saturated carbocycles. The molecule has 2 aliphatic rings. The molecule has 0 amide bonds. The summed E-state index contributed by atoms with van der Waals surface area (Å²) in [6.45, 7) is 1.74. The van der Waals surface area contributed by atoms with Crippen molar-refractivity contribution in [2.75, 3.05) is 11.9 Å². The van der Waals surface area contributed by atoms with Crippen molar-refractivity contribution in [3.63, 3.8) is 0 Å². The van der Waals surface area contributed by atoms with Gasteiger partial charge in [0.1, 0.15) is 5.82 Å². The molecule has 1 atom stereocenters. The fourth-order valence-electron chi connectivity index (χ4n) is 4.14. The molecule has 8 heteroatoms. The van der Waals surface area contributed by atoms with Crippen LogP contribution in [-0.4, -0.2) is 24.7 Å². The minimum absolute atomic E-state index is 0.196. The number of nitrogens with one attached hydrogen (secondary N) is 2. The summed E-state index contributed by atoms with van der Waals surface area (Å²) in [4.78, 5) is 0.196. The van der Waals surface area contributed by atoms with E-state index < -0.39 is 16.1 Å². The summed E-state index contributed by atoms with van der Waals surface area (Å²) in [6.07, 6.45) is 2.28. The lowest BCUT2D eigenvalue weighted by molar-refractivity contribution is 0.526. The van der Waals surface area contributed by atoms with E-state index in [4.69, 9.17) is 16.7 Å². The van der Waals surface area contributed by atoms with Crippen molar-refractivity contribution in [3.05, 3.63) is 75.9 Å². The van der Waals surface area contributed by atoms with Crippen LogP contribution in [0.1, 0.15) is 34.8 Å². The fourth-order valence-corrected chi connectivity index (χ4v) is 5.46. The number of hydrogen-bond acceptors (Lipinski definition) is 4. The third-order valence-electron chi connectivity index (χ3n) is 5.48. The highest BCUT2D eigenvalue weighted by molar-refractivity contribution is 7.89. The van der Waals surface area contributed by atoms with Gasteiger partial charge in [0.2, 0.25) is 10.0 Å². The van der Waals surface area contributed by atoms with Gasteiger partial charge >= 0.3 is 0 Å². The van der Waals surface area contributed by atoms with Crippen molar-refractivity contribution in [3.8, 4) is 0 Å². The van der Waals surface area contributed by atoms with E-state index >= 15 is 0 Å². The van der Waals surface area contributed by atoms with E-state index in [9.17, 15) is 8.42 Å². The Bertz CT molecular complexity index is 1170. The summed E-state index contributed by atoms with van der Waals surface area (Å²) in [5.41, 5.74) is 4.19. The van der Waals surface area contributed by atoms with Crippen LogP contribution in [0, 0.1) is 0 Å². The molecule has 5 rings (SSSR count). The first-order valence-electron chi connectivity index (χ1n) is 9.69. The lowest BCUT2D eigenvalue weighted by Gasteiger charge is -2.22. The van der Waals surface area contributed by atoms with E-state index in [0.717, 1.165) is 48.6 Å². The molecule has 0 spiro atoms. The highest BCUT2D eigenvalue weighted by atomic mass is 35.5. The van der Waals surface area contributed by atoms with E-state index in [0.29, 0.717) is 11.4 Å². The van der Waals surface area contributed by atoms with Crippen molar-refractivity contribution >= 4 is 27.4 Å². The Morgan fingerprint density at radius 2 is 1.93 bits per heavy atom. The molecule has 0 radical (unpaired) electrons. The summed E-state index contributed by atoms with van der Waals surface area (Å²) >= 11 is 5.92. The zero-order valence-corrected chi connectivity index (χ0v) is 17.3. The lowest BCUT2D eigenvalue weighted by Crippen LogP contribution is -2.31. The molecule has 2 aromatic carbocycles. The summed E-state index contributed by atoms with van der Waals surface area (Å²) in [6, 6.07) is 14.1. The van der Waals surface area contributed by atoms with Gasteiger partial charge in [-0.15, -0.1) is 0 Å². The molecule has 1 aliphatic heterocycles. The van der Waals surface area contributed by atoms with Gasteiger partial charge in [-0.3, -0.25) is 0 Å². The van der Waals surface area contributed by atoms with Crippen LogP contribution in [0.4, 0.5) is 5.82 Å². The van der Waals surface area contributed by atoms with Gasteiger partial charge in [0.15, 0.2) is 0 Å². The van der Waals surface area contributed by atoms with Crippen molar-refractivity contribution in [1.29, 1.82) is 0 Å². The predicted octanol–water partition coefficient (Wildman–Crippen LogP) is 3.52. The number of aryl methyl sites for hydroxylation is 1. The molecule has 0 fully saturated rings. The second-order valence-electron chi connectivity index (χ2n) is 7.54. The lowest BCUT2D eigenvalue weighted by atomic mass is 9.92. The van der Waals surface area contributed by atoms with E-state index in [1.54, 1.807) is 12.1 Å². The zero-order valence-electron chi connectivity index (χ0n) is 15.7. The van der Waals surface area contributed by atoms with Crippen molar-refractivity contribution in [1.82, 2.24) is 14.5 Å². The second kappa shape index (κ2) is 7.16. The van der Waals surface area contributed by atoms with Gasteiger partial charge < -0.3 is 5.32 Å². The largest absolute Gasteiger partial charge is 0.370 e. The molecular weight excluding hydrogens is 408 g/mol. The highest BCUT2D eigenvalue weighted by Gasteiger charge is 2.31. The third kappa shape index (κ3) is 3.54. The van der Waals surface area contributed by atoms with Crippen LogP contribution in [-0.2, 0) is 29.4 Å². The summed E-state index contributed by atoms with van der Waals surface area (Å²) in [5, 5.41) is 8.78. The molecule has 1 aromatic heterocycles. The van der Waals surface area contributed by atoms with Crippen molar-refractivity contribution in [2.24, 2.45) is 0 Å². The van der Waals surface area contributed by atoms with Gasteiger partial charge in [-0.25, -0.2) is 17.8 Å². The van der Waals surface area contributed by atoms with Crippen LogP contribution < -0.4 is 10.0 Å². The van der Waals surface area contributed by atoms with Crippen molar-refractivity contribution in [2.45, 2.75) is 36.7 Å². The minimum Gasteiger partial charge on any atom is -0.370 e. The Labute approximate surface area is 174 Å². The van der Waals surface area contributed by atoms with Gasteiger partial charge in [-0.1, -0.05) is 35.9 Å². The van der Waals surface area contributed by atoms with Crippen LogP contribution in [0.15, 0.2) is 53.4 Å². The smallest absolute Gasteiger partial charge is 0.241 e. The average Bonchev–Trinajstić information content (AvgIpc) is 3.06. The molecule has 29 heavy (non-hydrogen) atoms. The number of benzene rings is 2. The molecule has 3 aromatic rings. The number of anilines is 1. The minimum atomic E-state index is -3.72. The zero-order chi connectivity index (χ0) is 20.0. The molecule has 2 heterocycles. The molecular formula is C21H21ClN4O2S. The van der Waals surface area contributed by atoms with Crippen molar-refractivity contribution < 1.29 is 8.42 Å². The van der Waals surface area contributed by atoms with Gasteiger partial charge in [0.25, 0.3) is 0 Å². The number of nitrogens with zero attached hydrogens (tertiary/aromatic N) is 2. The fraction of sp³-hybridized carbons (Fsp3) is 0.286. The summed E-state index contributed by atoms with van der Waals surface area (Å²) in [5.74, 6) is 1.01. The average molecular weight is 429 g/mol. The number of sulfonamides is 1. The first-order chi connectivity index (χ1) is 14.0. The number of aromatic nitrogens is 2. The van der Waals surface area contributed by atoms with Crippen LogP contribution in [0.2, 0.25) is 5.02 Å². The maximum absolute atomic E-state index is 13.1. The van der Waals surface area contributed by atoms with E-state index in [1.807, 2.05) is 16.8 Å². The van der Waals surface area contributed by atoms with Crippen LogP contribution in [0.25, 0.3) is 0 Å². The number of halogens is 1. The summed E-state index contributed by atoms with van der Waals surface area (Å²) in [7, 11) is -3.72. The van der Waals surface area contributed by atoms with E-state index in [-0.39, 0.29) is 4.90 Å². The highest BCUT2D eigenvalue weighted by Crippen LogP contribution is 2.34. The summed E-state index contributed by atoms with van der Waals surface area (Å²) < 4.78 is 31.0. The standard InChI is InChI=1S/C21H21ClN4O2S/c22-16-5-7-17(8-6-16)29(27,28)25-19-13-15-4-1-3-14(11-15)12-18-20(19)24-26-10-2-9-23-21(18)26/h1,3-8,11,19,23,25H,2,9-10,12-13H2. The van der Waals surface area contributed by atoms with Gasteiger partial charge in [0.05, 0.1) is 16.6 Å². The van der Waals surface area contributed by atoms with E-state index in [2.05, 4.69) is 22.2 Å². The maximum Gasteiger partial charge on any atom is 0.241 e. The normalized spacial score (nSPS) is 18.2. The molecule has 6 nitrogen and oxygen atoms in total.